The summed E-state index contributed by atoms with van der Waals surface area (Å²) in [4.78, 5) is 2.54. The third-order valence-electron chi connectivity index (χ3n) is 3.53. The molecular formula is C18H10Br2Cl2SZr. The van der Waals surface area contributed by atoms with Crippen LogP contribution in [0.2, 0.25) is 0 Å². The van der Waals surface area contributed by atoms with Crippen molar-refractivity contribution in [3.63, 3.8) is 0 Å². The van der Waals surface area contributed by atoms with Gasteiger partial charge in [-0.1, -0.05) is 76.8 Å². The van der Waals surface area contributed by atoms with E-state index in [9.17, 15) is 0 Å². The van der Waals surface area contributed by atoms with Gasteiger partial charge in [0.15, 0.2) is 0 Å². The first-order valence-electron chi connectivity index (χ1n) is 6.57. The topological polar surface area (TPSA) is 0 Å². The van der Waals surface area contributed by atoms with Crippen LogP contribution in [-0.4, -0.2) is 0 Å². The van der Waals surface area contributed by atoms with E-state index in [-0.39, 0.29) is 51.0 Å². The molecule has 6 heteroatoms. The van der Waals surface area contributed by atoms with Gasteiger partial charge in [-0.25, -0.2) is 0 Å². The minimum Gasteiger partial charge on any atom is -1.00 e. The maximum Gasteiger partial charge on any atom is 4.00 e. The number of fused-ring (bicyclic) bond motifs is 2. The fraction of sp³-hybridized carbons (Fsp3) is 0. The Morgan fingerprint density at radius 3 is 1.50 bits per heavy atom. The molecule has 0 spiro atoms. The third-order valence-corrected chi connectivity index (χ3v) is 5.42. The zero-order chi connectivity index (χ0) is 14.4. The molecule has 0 bridgehead atoms. The fourth-order valence-corrected chi connectivity index (χ4v) is 4.46. The van der Waals surface area contributed by atoms with Crippen molar-refractivity contribution in [3.05, 3.63) is 69.6 Å². The molecule has 0 N–H and O–H groups in total. The maximum atomic E-state index is 3.53. The van der Waals surface area contributed by atoms with E-state index in [1.807, 2.05) is 0 Å². The van der Waals surface area contributed by atoms with Gasteiger partial charge in [-0.05, 0) is 9.79 Å². The number of halogens is 4. The first-order valence-corrected chi connectivity index (χ1v) is 8.97. The number of benzene rings is 2. The monoisotopic (exact) mass is 576 g/mol. The Morgan fingerprint density at radius 2 is 1.08 bits per heavy atom. The van der Waals surface area contributed by atoms with Crippen LogP contribution in [0.3, 0.4) is 0 Å². The van der Waals surface area contributed by atoms with Crippen molar-refractivity contribution in [3.8, 4) is 0 Å². The van der Waals surface area contributed by atoms with Gasteiger partial charge in [0.25, 0.3) is 0 Å². The van der Waals surface area contributed by atoms with Gasteiger partial charge in [0, 0.05) is 0 Å². The average Bonchev–Trinajstić information content (AvgIpc) is 2.98. The van der Waals surface area contributed by atoms with Crippen LogP contribution in [0.4, 0.5) is 0 Å². The summed E-state index contributed by atoms with van der Waals surface area (Å²) in [6.45, 7) is 0. The van der Waals surface area contributed by atoms with E-state index >= 15 is 0 Å². The predicted molar refractivity (Wildman–Crippen MR) is 98.6 cm³/mol. The van der Waals surface area contributed by atoms with Crippen LogP contribution >= 0.6 is 43.6 Å². The van der Waals surface area contributed by atoms with Gasteiger partial charge in [-0.15, -0.1) is 45.8 Å². The first kappa shape index (κ1) is 22.5. The minimum atomic E-state index is 0. The van der Waals surface area contributed by atoms with Crippen LogP contribution in [-0.2, 0) is 26.2 Å². The second-order valence-electron chi connectivity index (χ2n) is 5.03. The van der Waals surface area contributed by atoms with E-state index < -0.39 is 0 Å². The van der Waals surface area contributed by atoms with Gasteiger partial charge in [-0.3, -0.25) is 0 Å². The molecule has 0 atom stereocenters. The zero-order valence-electron chi connectivity index (χ0n) is 12.2. The molecule has 0 radical (unpaired) electrons. The summed E-state index contributed by atoms with van der Waals surface area (Å²) in [6.07, 6.45) is 0. The van der Waals surface area contributed by atoms with E-state index in [0.717, 1.165) is 8.95 Å². The molecule has 0 fully saturated rings. The number of hydrogen-bond acceptors (Lipinski definition) is 1. The molecule has 0 aliphatic heterocycles. The SMILES string of the molecule is Brc1cc2cc(Sc3ccc4[cH-]c(Br)cc4c3)ccc2[cH-]1.[Cl-].[Cl-].[Zr+4]. The van der Waals surface area contributed by atoms with Crippen LogP contribution < -0.4 is 24.8 Å². The summed E-state index contributed by atoms with van der Waals surface area (Å²) in [7, 11) is 0. The number of hydrogen-bond donors (Lipinski definition) is 0. The maximum absolute atomic E-state index is 3.53. The van der Waals surface area contributed by atoms with E-state index in [1.54, 1.807) is 11.8 Å². The number of rotatable bonds is 2. The van der Waals surface area contributed by atoms with Gasteiger partial charge < -0.3 is 24.8 Å². The van der Waals surface area contributed by atoms with Crippen molar-refractivity contribution in [2.75, 3.05) is 0 Å². The largest absolute Gasteiger partial charge is 4.00 e. The molecule has 0 aliphatic carbocycles. The molecule has 4 aromatic carbocycles. The Balaban J connectivity index is 0.000000960. The van der Waals surface area contributed by atoms with Crippen LogP contribution in [0.15, 0.2) is 79.4 Å². The fourth-order valence-electron chi connectivity index (χ4n) is 2.56. The summed E-state index contributed by atoms with van der Waals surface area (Å²) in [5.74, 6) is 0. The van der Waals surface area contributed by atoms with E-state index in [4.69, 9.17) is 0 Å². The molecule has 4 rings (SSSR count). The summed E-state index contributed by atoms with van der Waals surface area (Å²) in [5.41, 5.74) is 0. The van der Waals surface area contributed by atoms with Crippen LogP contribution in [0.25, 0.3) is 21.5 Å². The molecule has 0 aromatic heterocycles. The second-order valence-corrected chi connectivity index (χ2v) is 8.01. The summed E-state index contributed by atoms with van der Waals surface area (Å²) >= 11 is 8.87. The average molecular weight is 580 g/mol. The van der Waals surface area contributed by atoms with Gasteiger partial charge in [0.2, 0.25) is 0 Å². The molecule has 0 aliphatic rings. The first-order chi connectivity index (χ1) is 10.2. The van der Waals surface area contributed by atoms with E-state index in [1.165, 1.54) is 31.3 Å². The zero-order valence-corrected chi connectivity index (χ0v) is 20.2. The quantitative estimate of drug-likeness (QED) is 0.321. The molecule has 0 amide bonds. The van der Waals surface area contributed by atoms with Crippen molar-refractivity contribution < 1.29 is 51.0 Å². The van der Waals surface area contributed by atoms with E-state index in [0.29, 0.717) is 0 Å². The molecule has 0 saturated heterocycles. The minimum absolute atomic E-state index is 0. The van der Waals surface area contributed by atoms with Gasteiger partial charge >= 0.3 is 26.2 Å². The van der Waals surface area contributed by atoms with Crippen molar-refractivity contribution in [2.24, 2.45) is 0 Å². The van der Waals surface area contributed by atoms with E-state index in [2.05, 4.69) is 92.5 Å². The standard InChI is InChI=1S/C18H10Br2S.2ClH.Zr/c19-15-5-11-1-3-17(9-13(11)7-15)21-18-4-2-12-6-16(20)8-14(12)10-18;;;/h1-10H;2*1H;/q-2;;;+4/p-2. The predicted octanol–water partition coefficient (Wildman–Crippen LogP) is 1.11. The molecule has 0 heterocycles. The molecule has 0 saturated carbocycles. The van der Waals surface area contributed by atoms with Crippen molar-refractivity contribution >= 4 is 65.2 Å². The van der Waals surface area contributed by atoms with Crippen molar-refractivity contribution in [1.29, 1.82) is 0 Å². The summed E-state index contributed by atoms with van der Waals surface area (Å²) in [5, 5.41) is 5.12. The van der Waals surface area contributed by atoms with Gasteiger partial charge in [0.1, 0.15) is 0 Å². The normalized spacial score (nSPS) is 10.1. The summed E-state index contributed by atoms with van der Waals surface area (Å²) < 4.78 is 2.28. The molecule has 0 nitrogen and oxygen atoms in total. The molecular weight excluding hydrogens is 570 g/mol. The molecule has 0 unspecified atom stereocenters. The molecule has 120 valence electrons. The summed E-state index contributed by atoms with van der Waals surface area (Å²) in [6, 6.07) is 21.9. The van der Waals surface area contributed by atoms with Crippen molar-refractivity contribution in [2.45, 2.75) is 9.79 Å². The third kappa shape index (κ3) is 4.78. The van der Waals surface area contributed by atoms with Gasteiger partial charge in [0.05, 0.1) is 0 Å². The Hall–Kier alpha value is 0.433. The molecule has 24 heavy (non-hydrogen) atoms. The van der Waals surface area contributed by atoms with Crippen LogP contribution in [0, 0.1) is 0 Å². The van der Waals surface area contributed by atoms with Crippen molar-refractivity contribution in [1.82, 2.24) is 0 Å². The van der Waals surface area contributed by atoms with Crippen LogP contribution in [0.1, 0.15) is 0 Å². The Morgan fingerprint density at radius 1 is 0.667 bits per heavy atom. The second kappa shape index (κ2) is 9.39. The molecule has 4 aromatic rings. The van der Waals surface area contributed by atoms with Gasteiger partial charge in [-0.2, -0.15) is 12.1 Å². The van der Waals surface area contributed by atoms with Crippen LogP contribution in [0.5, 0.6) is 0 Å². The Bertz CT molecular complexity index is 884. The Labute approximate surface area is 193 Å². The smallest absolute Gasteiger partial charge is 1.00 e. The Kier molecular flexibility index (Phi) is 8.80.